The van der Waals surface area contributed by atoms with Gasteiger partial charge in [0.2, 0.25) is 0 Å². The maximum Gasteiger partial charge on any atom is 0.410 e. The number of rotatable bonds is 3. The highest BCUT2D eigenvalue weighted by Crippen LogP contribution is 2.20. The average molecular weight is 320 g/mol. The van der Waals surface area contributed by atoms with Crippen molar-refractivity contribution in [3.8, 4) is 0 Å². The van der Waals surface area contributed by atoms with Crippen molar-refractivity contribution in [2.45, 2.75) is 51.7 Å². The molecule has 0 radical (unpaired) electrons. The maximum absolute atomic E-state index is 12.3. The van der Waals surface area contributed by atoms with E-state index in [4.69, 9.17) is 4.74 Å². The second kappa shape index (κ2) is 7.39. The summed E-state index contributed by atoms with van der Waals surface area (Å²) in [6, 6.07) is -0.0563. The first-order valence-electron chi connectivity index (χ1n) is 7.90. The zero-order valence-corrected chi connectivity index (χ0v) is 13.9. The third-order valence-electron chi connectivity index (χ3n) is 3.55. The van der Waals surface area contributed by atoms with Crippen LogP contribution in [0, 0.1) is 0 Å². The van der Waals surface area contributed by atoms with Gasteiger partial charge in [-0.1, -0.05) is 0 Å². The van der Waals surface area contributed by atoms with Crippen LogP contribution in [0.1, 0.15) is 50.5 Å². The molecule has 2 rings (SSSR count). The molecule has 1 saturated heterocycles. The van der Waals surface area contributed by atoms with Gasteiger partial charge < -0.3 is 15.0 Å². The molecule has 1 fully saturated rings. The first kappa shape index (κ1) is 17.2. The first-order valence-corrected chi connectivity index (χ1v) is 7.90. The number of amides is 2. The minimum absolute atomic E-state index is 0.0563. The number of piperidine rings is 1. The van der Waals surface area contributed by atoms with Crippen LogP contribution in [0.3, 0.4) is 0 Å². The highest BCUT2D eigenvalue weighted by molar-refractivity contribution is 5.91. The molecular formula is C16H24N4O3. The number of aromatic nitrogens is 2. The molecule has 23 heavy (non-hydrogen) atoms. The van der Waals surface area contributed by atoms with Crippen LogP contribution in [0.25, 0.3) is 0 Å². The fourth-order valence-corrected chi connectivity index (χ4v) is 2.49. The Balaban J connectivity index is 1.93. The number of nitrogens with zero attached hydrogens (tertiary/aromatic N) is 3. The van der Waals surface area contributed by atoms with Crippen LogP contribution in [0.15, 0.2) is 18.6 Å². The number of carbonyl (C=O) groups excluding carboxylic acids is 2. The van der Waals surface area contributed by atoms with Gasteiger partial charge in [-0.2, -0.15) is 0 Å². The molecule has 2 heterocycles. The van der Waals surface area contributed by atoms with Crippen molar-refractivity contribution in [2.24, 2.45) is 0 Å². The molecular weight excluding hydrogens is 296 g/mol. The van der Waals surface area contributed by atoms with Crippen molar-refractivity contribution in [2.75, 3.05) is 13.1 Å². The molecule has 7 heteroatoms. The molecule has 0 saturated carbocycles. The predicted octanol–water partition coefficient (Wildman–Crippen LogP) is 2.00. The molecule has 1 aromatic heterocycles. The summed E-state index contributed by atoms with van der Waals surface area (Å²) in [5.41, 5.74) is -0.255. The Hall–Kier alpha value is -2.18. The SMILES string of the molecule is CC(C)(C)OC(=O)N1CCCCC1CNC(=O)c1cnccn1. The second-order valence-electron chi connectivity index (χ2n) is 6.62. The summed E-state index contributed by atoms with van der Waals surface area (Å²) in [5.74, 6) is -0.284. The van der Waals surface area contributed by atoms with Crippen LogP contribution in [0.5, 0.6) is 0 Å². The molecule has 1 aromatic rings. The van der Waals surface area contributed by atoms with E-state index < -0.39 is 5.60 Å². The molecule has 0 aliphatic carbocycles. The molecule has 0 spiro atoms. The van der Waals surface area contributed by atoms with E-state index in [1.807, 2.05) is 20.8 Å². The van der Waals surface area contributed by atoms with Gasteiger partial charge in [0.1, 0.15) is 11.3 Å². The lowest BCUT2D eigenvalue weighted by Crippen LogP contribution is -2.50. The van der Waals surface area contributed by atoms with Crippen LogP contribution >= 0.6 is 0 Å². The van der Waals surface area contributed by atoms with Crippen LogP contribution in [0.2, 0.25) is 0 Å². The molecule has 1 unspecified atom stereocenters. The standard InChI is InChI=1S/C16H24N4O3/c1-16(2,3)23-15(22)20-9-5-4-6-12(20)10-19-14(21)13-11-17-7-8-18-13/h7-8,11-12H,4-6,9-10H2,1-3H3,(H,19,21). The van der Waals surface area contributed by atoms with Crippen molar-refractivity contribution in [1.82, 2.24) is 20.2 Å². The van der Waals surface area contributed by atoms with E-state index in [0.717, 1.165) is 19.3 Å². The van der Waals surface area contributed by atoms with E-state index in [9.17, 15) is 9.59 Å². The summed E-state index contributed by atoms with van der Waals surface area (Å²) in [6.45, 7) is 6.58. The fraction of sp³-hybridized carbons (Fsp3) is 0.625. The van der Waals surface area contributed by atoms with Crippen molar-refractivity contribution in [3.05, 3.63) is 24.3 Å². The summed E-state index contributed by atoms with van der Waals surface area (Å²) in [7, 11) is 0. The number of nitrogens with one attached hydrogen (secondary N) is 1. The van der Waals surface area contributed by atoms with Crippen LogP contribution in [-0.2, 0) is 4.74 Å². The zero-order chi connectivity index (χ0) is 16.9. The monoisotopic (exact) mass is 320 g/mol. The minimum atomic E-state index is -0.526. The van der Waals surface area contributed by atoms with Gasteiger partial charge >= 0.3 is 6.09 Å². The number of hydrogen-bond acceptors (Lipinski definition) is 5. The van der Waals surface area contributed by atoms with Crippen LogP contribution in [-0.4, -0.2) is 51.6 Å². The van der Waals surface area contributed by atoms with Crippen molar-refractivity contribution >= 4 is 12.0 Å². The smallest absolute Gasteiger partial charge is 0.410 e. The number of hydrogen-bond donors (Lipinski definition) is 1. The Kier molecular flexibility index (Phi) is 5.52. The van der Waals surface area contributed by atoms with E-state index in [0.29, 0.717) is 13.1 Å². The molecule has 1 N–H and O–H groups in total. The quantitative estimate of drug-likeness (QED) is 0.921. The van der Waals surface area contributed by atoms with Gasteiger partial charge in [-0.25, -0.2) is 9.78 Å². The lowest BCUT2D eigenvalue weighted by Gasteiger charge is -2.36. The Morgan fingerprint density at radius 3 is 2.78 bits per heavy atom. The summed E-state index contributed by atoms with van der Waals surface area (Å²) in [5, 5.41) is 2.83. The Bertz CT molecular complexity index is 542. The first-order chi connectivity index (χ1) is 10.9. The summed E-state index contributed by atoms with van der Waals surface area (Å²) < 4.78 is 5.45. The molecule has 0 aromatic carbocycles. The Morgan fingerprint density at radius 2 is 2.13 bits per heavy atom. The topological polar surface area (TPSA) is 84.4 Å². The van der Waals surface area contributed by atoms with Crippen molar-refractivity contribution in [3.63, 3.8) is 0 Å². The van der Waals surface area contributed by atoms with Gasteiger partial charge in [-0.3, -0.25) is 9.78 Å². The summed E-state index contributed by atoms with van der Waals surface area (Å²) >= 11 is 0. The highest BCUT2D eigenvalue weighted by Gasteiger charge is 2.30. The number of ether oxygens (including phenoxy) is 1. The normalized spacial score (nSPS) is 18.4. The van der Waals surface area contributed by atoms with E-state index in [1.54, 1.807) is 4.90 Å². The van der Waals surface area contributed by atoms with E-state index >= 15 is 0 Å². The van der Waals surface area contributed by atoms with Gasteiger partial charge in [-0.15, -0.1) is 0 Å². The minimum Gasteiger partial charge on any atom is -0.444 e. The fourth-order valence-electron chi connectivity index (χ4n) is 2.49. The molecule has 2 amide bonds. The zero-order valence-electron chi connectivity index (χ0n) is 13.9. The molecule has 1 aliphatic rings. The van der Waals surface area contributed by atoms with Crippen molar-refractivity contribution in [1.29, 1.82) is 0 Å². The van der Waals surface area contributed by atoms with E-state index in [2.05, 4.69) is 15.3 Å². The average Bonchev–Trinajstić information content (AvgIpc) is 2.52. The lowest BCUT2D eigenvalue weighted by molar-refractivity contribution is 0.00985. The Morgan fingerprint density at radius 1 is 1.35 bits per heavy atom. The van der Waals surface area contributed by atoms with Crippen molar-refractivity contribution < 1.29 is 14.3 Å². The van der Waals surface area contributed by atoms with E-state index in [-0.39, 0.29) is 23.7 Å². The van der Waals surface area contributed by atoms with Crippen LogP contribution in [0.4, 0.5) is 4.79 Å². The summed E-state index contributed by atoms with van der Waals surface area (Å²) in [6.07, 6.45) is 6.92. The van der Waals surface area contributed by atoms with Gasteiger partial charge in [-0.05, 0) is 40.0 Å². The van der Waals surface area contributed by atoms with Gasteiger partial charge in [0, 0.05) is 25.5 Å². The highest BCUT2D eigenvalue weighted by atomic mass is 16.6. The maximum atomic E-state index is 12.3. The predicted molar refractivity (Wildman–Crippen MR) is 84.9 cm³/mol. The molecule has 0 bridgehead atoms. The van der Waals surface area contributed by atoms with E-state index in [1.165, 1.54) is 18.6 Å². The molecule has 126 valence electrons. The number of carbonyl (C=O) groups is 2. The van der Waals surface area contributed by atoms with Crippen LogP contribution < -0.4 is 5.32 Å². The third kappa shape index (κ3) is 5.19. The molecule has 1 aliphatic heterocycles. The second-order valence-corrected chi connectivity index (χ2v) is 6.62. The number of likely N-dealkylation sites (tertiary alicyclic amines) is 1. The van der Waals surface area contributed by atoms with Gasteiger partial charge in [0.05, 0.1) is 12.2 Å². The Labute approximate surface area is 136 Å². The lowest BCUT2D eigenvalue weighted by atomic mass is 10.0. The molecule has 7 nitrogen and oxygen atoms in total. The molecule has 1 atom stereocenters. The largest absolute Gasteiger partial charge is 0.444 e. The van der Waals surface area contributed by atoms with Gasteiger partial charge in [0.25, 0.3) is 5.91 Å². The third-order valence-corrected chi connectivity index (χ3v) is 3.55. The van der Waals surface area contributed by atoms with Gasteiger partial charge in [0.15, 0.2) is 0 Å². The summed E-state index contributed by atoms with van der Waals surface area (Å²) in [4.78, 5) is 33.9.